The van der Waals surface area contributed by atoms with Crippen LogP contribution in [0.3, 0.4) is 0 Å². The summed E-state index contributed by atoms with van der Waals surface area (Å²) < 4.78 is 1.95. The van der Waals surface area contributed by atoms with Gasteiger partial charge in [-0.25, -0.2) is 0 Å². The summed E-state index contributed by atoms with van der Waals surface area (Å²) >= 11 is 1.80. The minimum Gasteiger partial charge on any atom is -0.394 e. The van der Waals surface area contributed by atoms with Crippen molar-refractivity contribution in [3.8, 4) is 0 Å². The highest BCUT2D eigenvalue weighted by Gasteiger charge is 2.33. The Kier molecular flexibility index (Phi) is 3.46. The van der Waals surface area contributed by atoms with Crippen molar-refractivity contribution in [3.63, 3.8) is 0 Å². The van der Waals surface area contributed by atoms with Crippen LogP contribution in [0.1, 0.15) is 43.2 Å². The molecule has 0 amide bonds. The molecule has 5 heteroatoms. The predicted octanol–water partition coefficient (Wildman–Crippen LogP) is 3.36. The normalized spacial score (nSPS) is 15.0. The van der Waals surface area contributed by atoms with Gasteiger partial charge < -0.3 is 10.6 Å². The fourth-order valence-electron chi connectivity index (χ4n) is 2.65. The maximum absolute atomic E-state index is 6.38. The first-order valence-electron chi connectivity index (χ1n) is 7.19. The van der Waals surface area contributed by atoms with Crippen LogP contribution in [0.5, 0.6) is 0 Å². The summed E-state index contributed by atoms with van der Waals surface area (Å²) in [7, 11) is 2.00. The zero-order valence-electron chi connectivity index (χ0n) is 12.3. The summed E-state index contributed by atoms with van der Waals surface area (Å²) in [5, 5.41) is 6.75. The van der Waals surface area contributed by atoms with Crippen LogP contribution in [0, 0.1) is 0 Å². The summed E-state index contributed by atoms with van der Waals surface area (Å²) in [5.74, 6) is 1.45. The second-order valence-corrected chi connectivity index (χ2v) is 6.87. The van der Waals surface area contributed by atoms with Gasteiger partial charge in [-0.2, -0.15) is 5.10 Å². The zero-order valence-corrected chi connectivity index (χ0v) is 13.2. The van der Waals surface area contributed by atoms with E-state index >= 15 is 0 Å². The number of hydrogen-bond acceptors (Lipinski definition) is 4. The number of thiophene rings is 1. The summed E-state index contributed by atoms with van der Waals surface area (Å²) in [6.45, 7) is 5.22. The van der Waals surface area contributed by atoms with Crippen LogP contribution in [0.25, 0.3) is 0 Å². The topological polar surface area (TPSA) is 47.1 Å². The molecule has 20 heavy (non-hydrogen) atoms. The van der Waals surface area contributed by atoms with Gasteiger partial charge in [0.2, 0.25) is 0 Å². The molecule has 1 aliphatic carbocycles. The third kappa shape index (κ3) is 2.42. The highest BCUT2D eigenvalue weighted by Crippen LogP contribution is 2.38. The lowest BCUT2D eigenvalue weighted by Gasteiger charge is -2.24. The molecule has 2 aromatic heterocycles. The summed E-state index contributed by atoms with van der Waals surface area (Å²) in [4.78, 5) is 3.81. The third-order valence-corrected chi connectivity index (χ3v) is 4.66. The molecule has 0 aromatic carbocycles. The number of aromatic nitrogens is 2. The minimum absolute atomic E-state index is 0.359. The number of nitrogens with zero attached hydrogens (tertiary/aromatic N) is 3. The largest absolute Gasteiger partial charge is 0.394 e. The van der Waals surface area contributed by atoms with Crippen LogP contribution in [-0.4, -0.2) is 15.8 Å². The number of anilines is 2. The summed E-state index contributed by atoms with van der Waals surface area (Å²) in [5.41, 5.74) is 8.24. The van der Waals surface area contributed by atoms with Crippen molar-refractivity contribution in [3.05, 3.63) is 28.1 Å². The lowest BCUT2D eigenvalue weighted by Crippen LogP contribution is -2.27. The fourth-order valence-corrected chi connectivity index (χ4v) is 3.36. The quantitative estimate of drug-likeness (QED) is 0.918. The second kappa shape index (κ2) is 5.13. The average molecular weight is 290 g/mol. The molecule has 2 N–H and O–H groups in total. The highest BCUT2D eigenvalue weighted by molar-refractivity contribution is 7.09. The molecule has 4 nitrogen and oxygen atoms in total. The molecule has 3 rings (SSSR count). The molecule has 0 saturated heterocycles. The highest BCUT2D eigenvalue weighted by atomic mass is 32.1. The Morgan fingerprint density at radius 1 is 1.50 bits per heavy atom. The van der Waals surface area contributed by atoms with Gasteiger partial charge in [0.15, 0.2) is 5.82 Å². The van der Waals surface area contributed by atoms with Crippen LogP contribution >= 0.6 is 11.3 Å². The molecule has 2 heterocycles. The molecular formula is C15H22N4S. The molecule has 2 aromatic rings. The van der Waals surface area contributed by atoms with E-state index in [2.05, 4.69) is 41.4 Å². The number of nitrogens with two attached hydrogens (primary N) is 1. The molecule has 0 aliphatic heterocycles. The average Bonchev–Trinajstić information content (AvgIpc) is 3.03. The van der Waals surface area contributed by atoms with Crippen LogP contribution in [0.2, 0.25) is 0 Å². The first-order chi connectivity index (χ1) is 9.58. The molecule has 0 atom stereocenters. The molecule has 0 spiro atoms. The maximum Gasteiger partial charge on any atom is 0.151 e. The van der Waals surface area contributed by atoms with E-state index in [1.807, 2.05) is 11.7 Å². The van der Waals surface area contributed by atoms with E-state index in [9.17, 15) is 0 Å². The first-order valence-corrected chi connectivity index (χ1v) is 8.07. The van der Waals surface area contributed by atoms with Gasteiger partial charge in [-0.3, -0.25) is 4.68 Å². The minimum atomic E-state index is 0.359. The molecule has 1 saturated carbocycles. The lowest BCUT2D eigenvalue weighted by atomic mass is 10.1. The van der Waals surface area contributed by atoms with Crippen LogP contribution in [-0.2, 0) is 13.6 Å². The molecular weight excluding hydrogens is 268 g/mol. The van der Waals surface area contributed by atoms with Crippen molar-refractivity contribution in [2.75, 3.05) is 10.6 Å². The van der Waals surface area contributed by atoms with Crippen LogP contribution < -0.4 is 10.6 Å². The zero-order chi connectivity index (χ0) is 14.3. The Hall–Kier alpha value is -1.49. The molecule has 0 bridgehead atoms. The van der Waals surface area contributed by atoms with E-state index in [0.29, 0.717) is 12.0 Å². The number of aryl methyl sites for hydroxylation is 1. The molecule has 1 aliphatic rings. The Morgan fingerprint density at radius 2 is 2.25 bits per heavy atom. The van der Waals surface area contributed by atoms with Gasteiger partial charge in [0.05, 0.1) is 17.9 Å². The van der Waals surface area contributed by atoms with Gasteiger partial charge in [0, 0.05) is 18.0 Å². The molecule has 0 radical (unpaired) electrons. The Morgan fingerprint density at radius 3 is 2.75 bits per heavy atom. The predicted molar refractivity (Wildman–Crippen MR) is 85.2 cm³/mol. The van der Waals surface area contributed by atoms with Crippen molar-refractivity contribution in [2.45, 2.75) is 45.2 Å². The van der Waals surface area contributed by atoms with Crippen molar-refractivity contribution >= 4 is 22.8 Å². The standard InChI is InChI=1S/C15H22N4S/c1-10(2)14-13(16)15(18(3)17-14)19(11-6-7-11)9-12-5-4-8-20-12/h4-5,8,10-11H,6-7,9,16H2,1-3H3. The van der Waals surface area contributed by atoms with Gasteiger partial charge in [-0.05, 0) is 30.2 Å². The summed E-state index contributed by atoms with van der Waals surface area (Å²) in [6, 6.07) is 4.92. The van der Waals surface area contributed by atoms with Crippen molar-refractivity contribution in [1.82, 2.24) is 9.78 Å². The smallest absolute Gasteiger partial charge is 0.151 e. The van der Waals surface area contributed by atoms with Gasteiger partial charge >= 0.3 is 0 Å². The Balaban J connectivity index is 1.95. The van der Waals surface area contributed by atoms with Crippen molar-refractivity contribution < 1.29 is 0 Å². The second-order valence-electron chi connectivity index (χ2n) is 5.84. The van der Waals surface area contributed by atoms with Crippen molar-refractivity contribution in [2.24, 2.45) is 7.05 Å². The van der Waals surface area contributed by atoms with Gasteiger partial charge in [-0.15, -0.1) is 11.3 Å². The van der Waals surface area contributed by atoms with Crippen LogP contribution in [0.4, 0.5) is 11.5 Å². The summed E-state index contributed by atoms with van der Waals surface area (Å²) in [6.07, 6.45) is 2.51. The van der Waals surface area contributed by atoms with E-state index in [1.165, 1.54) is 17.7 Å². The third-order valence-electron chi connectivity index (χ3n) is 3.79. The Bertz CT molecular complexity index is 581. The number of nitrogen functional groups attached to an aromatic ring is 1. The molecule has 1 fully saturated rings. The number of rotatable bonds is 5. The van der Waals surface area contributed by atoms with Gasteiger partial charge in [-0.1, -0.05) is 19.9 Å². The van der Waals surface area contributed by atoms with E-state index in [1.54, 1.807) is 11.3 Å². The lowest BCUT2D eigenvalue weighted by molar-refractivity contribution is 0.678. The monoisotopic (exact) mass is 290 g/mol. The fraction of sp³-hybridized carbons (Fsp3) is 0.533. The van der Waals surface area contributed by atoms with Gasteiger partial charge in [0.1, 0.15) is 0 Å². The Labute approximate surface area is 124 Å². The van der Waals surface area contributed by atoms with E-state index < -0.39 is 0 Å². The van der Waals surface area contributed by atoms with E-state index in [0.717, 1.165) is 23.7 Å². The number of hydrogen-bond donors (Lipinski definition) is 1. The van der Waals surface area contributed by atoms with Crippen LogP contribution in [0.15, 0.2) is 17.5 Å². The molecule has 0 unspecified atom stereocenters. The SMILES string of the molecule is CC(C)c1nn(C)c(N(Cc2cccs2)C2CC2)c1N. The van der Waals surface area contributed by atoms with E-state index in [4.69, 9.17) is 5.73 Å². The molecule has 108 valence electrons. The van der Waals surface area contributed by atoms with Gasteiger partial charge in [0.25, 0.3) is 0 Å². The maximum atomic E-state index is 6.38. The van der Waals surface area contributed by atoms with Crippen molar-refractivity contribution in [1.29, 1.82) is 0 Å². The first kappa shape index (κ1) is 13.5. The van der Waals surface area contributed by atoms with E-state index in [-0.39, 0.29) is 0 Å².